The van der Waals surface area contributed by atoms with Gasteiger partial charge in [-0.05, 0) is 19.9 Å². The van der Waals surface area contributed by atoms with Crippen LogP contribution in [-0.4, -0.2) is 15.7 Å². The van der Waals surface area contributed by atoms with Gasteiger partial charge in [0.05, 0.1) is 0 Å². The number of aryl methyl sites for hydroxylation is 2. The van der Waals surface area contributed by atoms with Gasteiger partial charge in [-0.25, -0.2) is 4.98 Å². The average Bonchev–Trinajstić information content (AvgIpc) is 2.91. The molecule has 0 saturated heterocycles. The second kappa shape index (κ2) is 3.78. The van der Waals surface area contributed by atoms with Gasteiger partial charge in [0.25, 0.3) is 0 Å². The van der Waals surface area contributed by atoms with Crippen LogP contribution in [0, 0.1) is 13.8 Å². The molecule has 3 nitrogen and oxygen atoms in total. The van der Waals surface area contributed by atoms with Crippen molar-refractivity contribution in [3.63, 3.8) is 0 Å². The van der Waals surface area contributed by atoms with Gasteiger partial charge in [-0.2, -0.15) is 0 Å². The molecule has 0 radical (unpaired) electrons. The zero-order valence-electron chi connectivity index (χ0n) is 9.43. The second-order valence-corrected chi connectivity index (χ2v) is 6.18. The summed E-state index contributed by atoms with van der Waals surface area (Å²) in [5.74, 6) is 0. The first-order chi connectivity index (χ1) is 8.20. The molecule has 3 aromatic rings. The Bertz CT molecular complexity index is 705. The maximum Gasteiger partial charge on any atom is 0.194 e. The summed E-state index contributed by atoms with van der Waals surface area (Å²) in [6, 6.07) is 2.10. The topological polar surface area (TPSA) is 34.4 Å². The lowest BCUT2D eigenvalue weighted by atomic mass is 10.1. The van der Waals surface area contributed by atoms with E-state index in [1.807, 2.05) is 16.0 Å². The third kappa shape index (κ3) is 1.54. The van der Waals surface area contributed by atoms with Crippen LogP contribution in [0.1, 0.15) is 20.2 Å². The van der Waals surface area contributed by atoms with Gasteiger partial charge in [0.15, 0.2) is 11.2 Å². The molecule has 0 unspecified atom stereocenters. The molecule has 17 heavy (non-hydrogen) atoms. The van der Waals surface area contributed by atoms with E-state index < -0.39 is 0 Å². The molecule has 0 aliphatic carbocycles. The number of nitrogens with zero attached hydrogens (tertiary/aromatic N) is 2. The van der Waals surface area contributed by atoms with Crippen molar-refractivity contribution < 1.29 is 4.79 Å². The van der Waals surface area contributed by atoms with Gasteiger partial charge in [-0.15, -0.1) is 22.7 Å². The fourth-order valence-corrected chi connectivity index (χ4v) is 3.63. The third-order valence-electron chi connectivity index (χ3n) is 2.71. The molecule has 3 aromatic heterocycles. The van der Waals surface area contributed by atoms with Crippen molar-refractivity contribution >= 4 is 33.9 Å². The van der Waals surface area contributed by atoms with E-state index in [4.69, 9.17) is 0 Å². The molecule has 0 aromatic carbocycles. The minimum atomic E-state index is 0.641. The molecular weight excluding hydrogens is 252 g/mol. The fourth-order valence-electron chi connectivity index (χ4n) is 1.98. The number of hydrogen-bond acceptors (Lipinski definition) is 4. The molecule has 0 amide bonds. The lowest BCUT2D eigenvalue weighted by Crippen LogP contribution is -1.89. The summed E-state index contributed by atoms with van der Waals surface area (Å²) in [5, 5.41) is 1.94. The Morgan fingerprint density at radius 1 is 1.41 bits per heavy atom. The Labute approximate surface area is 106 Å². The molecule has 0 fully saturated rings. The molecule has 3 heterocycles. The summed E-state index contributed by atoms with van der Waals surface area (Å²) in [5.41, 5.74) is 2.52. The van der Waals surface area contributed by atoms with Gasteiger partial charge in [0.2, 0.25) is 0 Å². The zero-order valence-corrected chi connectivity index (χ0v) is 11.1. The number of aromatic nitrogens is 2. The maximum atomic E-state index is 11.2. The van der Waals surface area contributed by atoms with Gasteiger partial charge < -0.3 is 0 Å². The predicted octanol–water partition coefficient (Wildman–Crippen LogP) is 3.55. The van der Waals surface area contributed by atoms with E-state index in [-0.39, 0.29) is 0 Å². The predicted molar refractivity (Wildman–Crippen MR) is 71.2 cm³/mol. The van der Waals surface area contributed by atoms with Crippen molar-refractivity contribution in [3.8, 4) is 11.3 Å². The Kier molecular flexibility index (Phi) is 2.38. The monoisotopic (exact) mass is 262 g/mol. The molecule has 0 aliphatic heterocycles. The minimum Gasteiger partial charge on any atom is -0.296 e. The quantitative estimate of drug-likeness (QED) is 0.662. The third-order valence-corrected chi connectivity index (χ3v) is 4.43. The summed E-state index contributed by atoms with van der Waals surface area (Å²) >= 11 is 3.28. The van der Waals surface area contributed by atoms with Crippen LogP contribution in [-0.2, 0) is 0 Å². The first-order valence-corrected chi connectivity index (χ1v) is 6.88. The van der Waals surface area contributed by atoms with Crippen LogP contribution in [0.2, 0.25) is 0 Å². The molecule has 3 rings (SSSR count). The van der Waals surface area contributed by atoms with E-state index >= 15 is 0 Å². The van der Waals surface area contributed by atoms with Crippen molar-refractivity contribution in [2.24, 2.45) is 0 Å². The second-order valence-electron chi connectivity index (χ2n) is 3.85. The Morgan fingerprint density at radius 3 is 2.88 bits per heavy atom. The highest BCUT2D eigenvalue weighted by Gasteiger charge is 2.17. The fraction of sp³-hybridized carbons (Fsp3) is 0.167. The number of carbonyl (C=O) groups excluding carboxylic acids is 1. The van der Waals surface area contributed by atoms with Gasteiger partial charge in [-0.1, -0.05) is 0 Å². The van der Waals surface area contributed by atoms with Crippen LogP contribution >= 0.6 is 22.7 Å². The molecule has 86 valence electrons. The van der Waals surface area contributed by atoms with Crippen LogP contribution in [0.4, 0.5) is 0 Å². The molecule has 0 aliphatic rings. The lowest BCUT2D eigenvalue weighted by Gasteiger charge is -1.96. The van der Waals surface area contributed by atoms with Gasteiger partial charge in [-0.3, -0.25) is 9.20 Å². The number of imidazole rings is 1. The summed E-state index contributed by atoms with van der Waals surface area (Å²) in [6.45, 7) is 4.13. The van der Waals surface area contributed by atoms with E-state index in [0.717, 1.165) is 22.5 Å². The van der Waals surface area contributed by atoms with Crippen LogP contribution in [0.15, 0.2) is 17.6 Å². The highest BCUT2D eigenvalue weighted by atomic mass is 32.1. The number of thiazole rings is 1. The number of aldehydes is 1. The molecule has 0 atom stereocenters. The minimum absolute atomic E-state index is 0.641. The SMILES string of the molecule is Cc1cc(-c2nc3sccn3c2C=O)c(C)s1. The van der Waals surface area contributed by atoms with Gasteiger partial charge in [0, 0.05) is 26.9 Å². The lowest BCUT2D eigenvalue weighted by molar-refractivity contribution is 0.111. The Hall–Kier alpha value is -1.46. The van der Waals surface area contributed by atoms with E-state index in [2.05, 4.69) is 24.9 Å². The Morgan fingerprint density at radius 2 is 2.24 bits per heavy atom. The summed E-state index contributed by atoms with van der Waals surface area (Å²) in [4.78, 5) is 19.1. The highest BCUT2D eigenvalue weighted by Crippen LogP contribution is 2.32. The normalized spacial score (nSPS) is 11.2. The number of hydrogen-bond donors (Lipinski definition) is 0. The van der Waals surface area contributed by atoms with Gasteiger partial charge >= 0.3 is 0 Å². The van der Waals surface area contributed by atoms with E-state index in [1.165, 1.54) is 9.75 Å². The summed E-state index contributed by atoms with van der Waals surface area (Å²) in [6.07, 6.45) is 2.77. The standard InChI is InChI=1S/C12H10N2OS2/c1-7-5-9(8(2)17-7)11-10(6-15)14-3-4-16-12(14)13-11/h3-6H,1-2H3. The molecule has 0 spiro atoms. The Balaban J connectivity index is 2.33. The van der Waals surface area contributed by atoms with Crippen molar-refractivity contribution in [1.82, 2.24) is 9.38 Å². The van der Waals surface area contributed by atoms with Crippen molar-refractivity contribution in [2.75, 3.05) is 0 Å². The average molecular weight is 262 g/mol. The summed E-state index contributed by atoms with van der Waals surface area (Å²) in [7, 11) is 0. The molecule has 0 saturated carbocycles. The molecular formula is C12H10N2OS2. The highest BCUT2D eigenvalue weighted by molar-refractivity contribution is 7.15. The van der Waals surface area contributed by atoms with Crippen molar-refractivity contribution in [2.45, 2.75) is 13.8 Å². The number of rotatable bonds is 2. The van der Waals surface area contributed by atoms with Gasteiger partial charge in [0.1, 0.15) is 11.4 Å². The molecule has 5 heteroatoms. The number of fused-ring (bicyclic) bond motifs is 1. The van der Waals surface area contributed by atoms with Crippen LogP contribution in [0.5, 0.6) is 0 Å². The summed E-state index contributed by atoms with van der Waals surface area (Å²) < 4.78 is 1.85. The van der Waals surface area contributed by atoms with E-state index in [9.17, 15) is 4.79 Å². The van der Waals surface area contributed by atoms with Crippen LogP contribution in [0.3, 0.4) is 0 Å². The van der Waals surface area contributed by atoms with Crippen LogP contribution < -0.4 is 0 Å². The molecule has 0 bridgehead atoms. The first kappa shape index (κ1) is 10.7. The van der Waals surface area contributed by atoms with E-state index in [0.29, 0.717) is 5.69 Å². The number of carbonyl (C=O) groups is 1. The van der Waals surface area contributed by atoms with Crippen molar-refractivity contribution in [3.05, 3.63) is 33.1 Å². The maximum absolute atomic E-state index is 11.2. The zero-order chi connectivity index (χ0) is 12.0. The van der Waals surface area contributed by atoms with Crippen molar-refractivity contribution in [1.29, 1.82) is 0 Å². The largest absolute Gasteiger partial charge is 0.296 e. The first-order valence-electron chi connectivity index (χ1n) is 5.19. The van der Waals surface area contributed by atoms with E-state index in [1.54, 1.807) is 22.7 Å². The molecule has 0 N–H and O–H groups in total. The van der Waals surface area contributed by atoms with Crippen LogP contribution in [0.25, 0.3) is 16.2 Å². The smallest absolute Gasteiger partial charge is 0.194 e. The number of thiophene rings is 1.